The van der Waals surface area contributed by atoms with Gasteiger partial charge < -0.3 is 10.6 Å². The molecular weight excluding hydrogens is 311 g/mol. The summed E-state index contributed by atoms with van der Waals surface area (Å²) in [4.78, 5) is 14.2. The molecule has 0 bridgehead atoms. The van der Waals surface area contributed by atoms with Crippen LogP contribution in [0.1, 0.15) is 30.1 Å². The second-order valence-electron chi connectivity index (χ2n) is 5.00. The number of nitrogens with two attached hydrogens (primary N) is 1. The Hall–Kier alpha value is -0.940. The first-order valence-electron chi connectivity index (χ1n) is 6.52. The van der Waals surface area contributed by atoms with Crippen LogP contribution >= 0.6 is 15.9 Å². The van der Waals surface area contributed by atoms with E-state index in [-0.39, 0.29) is 17.8 Å². The van der Waals surface area contributed by atoms with Crippen molar-refractivity contribution in [2.24, 2.45) is 11.7 Å². The Morgan fingerprint density at radius 3 is 2.95 bits per heavy atom. The van der Waals surface area contributed by atoms with Crippen LogP contribution in [0.3, 0.4) is 0 Å². The number of amides is 1. The highest BCUT2D eigenvalue weighted by molar-refractivity contribution is 9.10. The molecule has 2 atom stereocenters. The summed E-state index contributed by atoms with van der Waals surface area (Å²) in [6, 6.07) is 4.33. The SMILES string of the molecule is CCC1CN(C(=O)c2ccc(F)cc2Br)CCC1N. The zero-order valence-corrected chi connectivity index (χ0v) is 12.5. The smallest absolute Gasteiger partial charge is 0.255 e. The summed E-state index contributed by atoms with van der Waals surface area (Å²) in [5.74, 6) is -0.0651. The fourth-order valence-corrected chi connectivity index (χ4v) is 3.02. The minimum atomic E-state index is -0.351. The van der Waals surface area contributed by atoms with E-state index in [1.807, 2.05) is 4.90 Å². The van der Waals surface area contributed by atoms with E-state index in [4.69, 9.17) is 5.73 Å². The van der Waals surface area contributed by atoms with Crippen molar-refractivity contribution in [1.82, 2.24) is 4.90 Å². The van der Waals surface area contributed by atoms with Crippen molar-refractivity contribution in [3.63, 3.8) is 0 Å². The molecule has 1 saturated heterocycles. The molecule has 1 aromatic carbocycles. The maximum absolute atomic E-state index is 13.0. The number of carbonyl (C=O) groups excluding carboxylic acids is 1. The Labute approximate surface area is 121 Å². The highest BCUT2D eigenvalue weighted by atomic mass is 79.9. The monoisotopic (exact) mass is 328 g/mol. The average Bonchev–Trinajstić information content (AvgIpc) is 2.38. The van der Waals surface area contributed by atoms with Crippen LogP contribution in [-0.4, -0.2) is 29.9 Å². The van der Waals surface area contributed by atoms with Crippen molar-refractivity contribution in [2.45, 2.75) is 25.8 Å². The van der Waals surface area contributed by atoms with E-state index < -0.39 is 0 Å². The van der Waals surface area contributed by atoms with Gasteiger partial charge in [0, 0.05) is 23.6 Å². The molecule has 0 aliphatic carbocycles. The lowest BCUT2D eigenvalue weighted by atomic mass is 9.90. The standard InChI is InChI=1S/C14H18BrFN2O/c1-2-9-8-18(6-5-13(9)17)14(19)11-4-3-10(16)7-12(11)15/h3-4,7,9,13H,2,5-6,8,17H2,1H3. The van der Waals surface area contributed by atoms with Gasteiger partial charge in [0.15, 0.2) is 0 Å². The van der Waals surface area contributed by atoms with Gasteiger partial charge in [0.1, 0.15) is 5.82 Å². The molecule has 1 aromatic rings. The fraction of sp³-hybridized carbons (Fsp3) is 0.500. The van der Waals surface area contributed by atoms with Crippen molar-refractivity contribution in [3.05, 3.63) is 34.1 Å². The molecule has 0 radical (unpaired) electrons. The van der Waals surface area contributed by atoms with Gasteiger partial charge in [0.05, 0.1) is 5.56 Å². The van der Waals surface area contributed by atoms with Crippen molar-refractivity contribution in [2.75, 3.05) is 13.1 Å². The van der Waals surface area contributed by atoms with Gasteiger partial charge >= 0.3 is 0 Å². The summed E-state index contributed by atoms with van der Waals surface area (Å²) in [5.41, 5.74) is 6.55. The van der Waals surface area contributed by atoms with E-state index in [1.54, 1.807) is 0 Å². The third-order valence-electron chi connectivity index (χ3n) is 3.77. The summed E-state index contributed by atoms with van der Waals surface area (Å²) in [7, 11) is 0. The zero-order chi connectivity index (χ0) is 14.0. The van der Waals surface area contributed by atoms with Gasteiger partial charge in [-0.05, 0) is 46.5 Å². The van der Waals surface area contributed by atoms with Crippen LogP contribution in [0, 0.1) is 11.7 Å². The molecule has 1 amide bonds. The predicted molar refractivity (Wildman–Crippen MR) is 76.4 cm³/mol. The second-order valence-corrected chi connectivity index (χ2v) is 5.85. The summed E-state index contributed by atoms with van der Waals surface area (Å²) in [6.07, 6.45) is 1.79. The van der Waals surface area contributed by atoms with Crippen molar-refractivity contribution in [3.8, 4) is 0 Å². The van der Waals surface area contributed by atoms with Crippen LogP contribution in [0.4, 0.5) is 4.39 Å². The first-order valence-corrected chi connectivity index (χ1v) is 7.32. The Balaban J connectivity index is 2.15. The number of nitrogens with zero attached hydrogens (tertiary/aromatic N) is 1. The number of rotatable bonds is 2. The van der Waals surface area contributed by atoms with E-state index in [9.17, 15) is 9.18 Å². The molecule has 5 heteroatoms. The van der Waals surface area contributed by atoms with Gasteiger partial charge in [-0.3, -0.25) is 4.79 Å². The molecule has 2 N–H and O–H groups in total. The van der Waals surface area contributed by atoms with Crippen LogP contribution < -0.4 is 5.73 Å². The molecule has 1 aliphatic rings. The van der Waals surface area contributed by atoms with Crippen molar-refractivity contribution in [1.29, 1.82) is 0 Å². The molecular formula is C14H18BrFN2O. The summed E-state index contributed by atoms with van der Waals surface area (Å²) >= 11 is 3.25. The molecule has 1 heterocycles. The number of likely N-dealkylation sites (tertiary alicyclic amines) is 1. The highest BCUT2D eigenvalue weighted by Gasteiger charge is 2.29. The van der Waals surface area contributed by atoms with Gasteiger partial charge in [-0.25, -0.2) is 4.39 Å². The number of hydrogen-bond donors (Lipinski definition) is 1. The van der Waals surface area contributed by atoms with E-state index in [0.717, 1.165) is 12.8 Å². The van der Waals surface area contributed by atoms with Crippen LogP contribution in [-0.2, 0) is 0 Å². The molecule has 0 aromatic heterocycles. The quantitative estimate of drug-likeness (QED) is 0.907. The molecule has 0 saturated carbocycles. The van der Waals surface area contributed by atoms with E-state index in [0.29, 0.717) is 29.0 Å². The van der Waals surface area contributed by atoms with E-state index >= 15 is 0 Å². The maximum Gasteiger partial charge on any atom is 0.255 e. The van der Waals surface area contributed by atoms with Gasteiger partial charge in [0.25, 0.3) is 5.91 Å². The van der Waals surface area contributed by atoms with Gasteiger partial charge in [-0.15, -0.1) is 0 Å². The van der Waals surface area contributed by atoms with Crippen LogP contribution in [0.25, 0.3) is 0 Å². The number of halogens is 2. The first-order chi connectivity index (χ1) is 9.02. The third kappa shape index (κ3) is 3.15. The topological polar surface area (TPSA) is 46.3 Å². The Kier molecular flexibility index (Phi) is 4.58. The molecule has 1 aliphatic heterocycles. The molecule has 2 rings (SSSR count). The van der Waals surface area contributed by atoms with E-state index in [1.165, 1.54) is 18.2 Å². The van der Waals surface area contributed by atoms with Crippen molar-refractivity contribution >= 4 is 21.8 Å². The number of carbonyl (C=O) groups is 1. The van der Waals surface area contributed by atoms with Crippen molar-refractivity contribution < 1.29 is 9.18 Å². The van der Waals surface area contributed by atoms with Crippen LogP contribution in [0.5, 0.6) is 0 Å². The Morgan fingerprint density at radius 1 is 1.58 bits per heavy atom. The minimum absolute atomic E-state index is 0.0581. The molecule has 2 unspecified atom stereocenters. The van der Waals surface area contributed by atoms with E-state index in [2.05, 4.69) is 22.9 Å². The second kappa shape index (κ2) is 6.01. The molecule has 0 spiro atoms. The largest absolute Gasteiger partial charge is 0.338 e. The molecule has 3 nitrogen and oxygen atoms in total. The maximum atomic E-state index is 13.0. The number of benzene rings is 1. The average molecular weight is 329 g/mol. The van der Waals surface area contributed by atoms with Crippen LogP contribution in [0.2, 0.25) is 0 Å². The molecule has 104 valence electrons. The lowest BCUT2D eigenvalue weighted by Gasteiger charge is -2.36. The summed E-state index contributed by atoms with van der Waals surface area (Å²) in [5, 5.41) is 0. The lowest BCUT2D eigenvalue weighted by molar-refractivity contribution is 0.0648. The third-order valence-corrected chi connectivity index (χ3v) is 4.42. The number of piperidine rings is 1. The number of hydrogen-bond acceptors (Lipinski definition) is 2. The molecule has 19 heavy (non-hydrogen) atoms. The normalized spacial score (nSPS) is 23.5. The lowest BCUT2D eigenvalue weighted by Crippen LogP contribution is -2.49. The molecule has 1 fully saturated rings. The van der Waals surface area contributed by atoms with Crippen LogP contribution in [0.15, 0.2) is 22.7 Å². The van der Waals surface area contributed by atoms with Gasteiger partial charge in [-0.1, -0.05) is 13.3 Å². The summed E-state index contributed by atoms with van der Waals surface area (Å²) in [6.45, 7) is 3.44. The highest BCUT2D eigenvalue weighted by Crippen LogP contribution is 2.24. The minimum Gasteiger partial charge on any atom is -0.338 e. The Bertz CT molecular complexity index is 481. The Morgan fingerprint density at radius 2 is 2.32 bits per heavy atom. The van der Waals surface area contributed by atoms with Gasteiger partial charge in [-0.2, -0.15) is 0 Å². The fourth-order valence-electron chi connectivity index (χ4n) is 2.50. The predicted octanol–water partition coefficient (Wildman–Crippen LogP) is 2.79. The zero-order valence-electron chi connectivity index (χ0n) is 10.9. The first kappa shape index (κ1) is 14.5. The van der Waals surface area contributed by atoms with Gasteiger partial charge in [0.2, 0.25) is 0 Å². The summed E-state index contributed by atoms with van der Waals surface area (Å²) < 4.78 is 13.5.